The minimum Gasteiger partial charge on any atom is -0.294 e. The molecule has 1 aliphatic rings. The maximum atomic E-state index is 10.9. The molecule has 1 nitrogen and oxygen atoms in total. The van der Waals surface area contributed by atoms with E-state index in [1.807, 2.05) is 0 Å². The molecule has 2 heteroatoms. The third-order valence-electron chi connectivity index (χ3n) is 1.63. The molecule has 1 atom stereocenters. The molecule has 0 bridgehead atoms. The molecule has 0 aromatic rings. The Morgan fingerprint density at radius 1 is 1.80 bits per heavy atom. The van der Waals surface area contributed by atoms with Crippen molar-refractivity contribution in [2.45, 2.75) is 13.8 Å². The summed E-state index contributed by atoms with van der Waals surface area (Å²) in [4.78, 5) is 10.9. The smallest absolute Gasteiger partial charge is 0.165 e. The van der Waals surface area contributed by atoms with Crippen LogP contribution in [0, 0.1) is 5.92 Å². The fourth-order valence-electron chi connectivity index (χ4n) is 0.908. The summed E-state index contributed by atoms with van der Waals surface area (Å²) in [5.74, 6) is 0.828. The van der Waals surface area contributed by atoms with Gasteiger partial charge in [-0.05, 0) is 18.4 Å². The van der Waals surface area contributed by atoms with E-state index in [2.05, 4.69) is 13.5 Å². The number of carbonyl (C=O) groups excluding carboxylic acids is 1. The lowest BCUT2D eigenvalue weighted by atomic mass is 10.0. The van der Waals surface area contributed by atoms with Crippen LogP contribution in [0.5, 0.6) is 0 Å². The Kier molecular flexibility index (Phi) is 2.39. The van der Waals surface area contributed by atoms with Crippen LogP contribution in [-0.2, 0) is 4.79 Å². The molecule has 0 amide bonds. The first-order valence-corrected chi connectivity index (χ1v) is 5.89. The molecule has 0 fully saturated rings. The summed E-state index contributed by atoms with van der Waals surface area (Å²) in [6.45, 7) is 7.71. The number of rotatable bonds is 1. The molecule has 10 heavy (non-hydrogen) atoms. The molecule has 1 unspecified atom stereocenters. The maximum absolute atomic E-state index is 10.9. The Morgan fingerprint density at radius 3 is 2.60 bits per heavy atom. The zero-order valence-electron chi connectivity index (χ0n) is 6.28. The van der Waals surface area contributed by atoms with E-state index in [1.165, 1.54) is 4.43 Å². The molecule has 0 saturated heterocycles. The average Bonchev–Trinajstić information content (AvgIpc) is 2.14. The average molecular weight is 250 g/mol. The van der Waals surface area contributed by atoms with Gasteiger partial charge in [0.1, 0.15) is 0 Å². The zero-order chi connectivity index (χ0) is 7.72. The second kappa shape index (κ2) is 2.95. The molecular formula is C8H11IO. The topological polar surface area (TPSA) is 17.1 Å². The van der Waals surface area contributed by atoms with Crippen LogP contribution in [0.1, 0.15) is 13.8 Å². The van der Waals surface area contributed by atoms with Crippen LogP contribution in [0.25, 0.3) is 0 Å². The van der Waals surface area contributed by atoms with Crippen molar-refractivity contribution >= 4 is 30.0 Å². The van der Waals surface area contributed by atoms with Gasteiger partial charge in [-0.25, -0.2) is 0 Å². The number of ketones is 1. The highest BCUT2D eigenvalue weighted by molar-refractivity contribution is 14.2. The van der Waals surface area contributed by atoms with E-state index in [0.717, 1.165) is 9.08 Å². The minimum atomic E-state index is 0.0231. The van der Waals surface area contributed by atoms with Crippen molar-refractivity contribution in [3.63, 3.8) is 0 Å². The highest BCUT2D eigenvalue weighted by atomic mass is 127. The molecule has 0 spiro atoms. The van der Waals surface area contributed by atoms with Gasteiger partial charge in [-0.15, -0.1) is 20.7 Å². The molecule has 1 aliphatic heterocycles. The highest BCUT2D eigenvalue weighted by Gasteiger charge is 2.20. The molecule has 0 saturated carbocycles. The Bertz CT molecular complexity index is 215. The van der Waals surface area contributed by atoms with E-state index in [9.17, 15) is 4.79 Å². The third-order valence-corrected chi connectivity index (χ3v) is 5.60. The van der Waals surface area contributed by atoms with E-state index in [1.54, 1.807) is 6.92 Å². The second-order valence-corrected chi connectivity index (χ2v) is 5.31. The number of hydrogen-bond acceptors (Lipinski definition) is 1. The summed E-state index contributed by atoms with van der Waals surface area (Å²) >= 11 is 0.0231. The Hall–Kier alpha value is 0.0100. The van der Waals surface area contributed by atoms with E-state index < -0.39 is 0 Å². The number of alkyl halides is 1. The van der Waals surface area contributed by atoms with Crippen molar-refractivity contribution in [1.82, 2.24) is 0 Å². The molecule has 0 N–H and O–H groups in total. The first-order chi connectivity index (χ1) is 4.63. The Balaban J connectivity index is 2.82. The van der Waals surface area contributed by atoms with Gasteiger partial charge in [0.05, 0.1) is 0 Å². The monoisotopic (exact) mass is 250 g/mol. The van der Waals surface area contributed by atoms with E-state index >= 15 is 0 Å². The Morgan fingerprint density at radius 2 is 2.40 bits per heavy atom. The predicted molar refractivity (Wildman–Crippen MR) is 52.9 cm³/mol. The summed E-state index contributed by atoms with van der Waals surface area (Å²) in [7, 11) is 0. The number of carbonyl (C=O) groups is 1. The number of allylic oxidation sites excluding steroid dienone is 1. The van der Waals surface area contributed by atoms with Crippen molar-refractivity contribution in [3.8, 4) is 0 Å². The van der Waals surface area contributed by atoms with Crippen LogP contribution < -0.4 is 0 Å². The highest BCUT2D eigenvalue weighted by Crippen LogP contribution is 2.28. The van der Waals surface area contributed by atoms with Gasteiger partial charge in [-0.1, -0.05) is 13.5 Å². The quantitative estimate of drug-likeness (QED) is 0.513. The zero-order valence-corrected chi connectivity index (χ0v) is 8.44. The van der Waals surface area contributed by atoms with Gasteiger partial charge < -0.3 is 0 Å². The lowest BCUT2D eigenvalue weighted by Crippen LogP contribution is -2.10. The fourth-order valence-corrected chi connectivity index (χ4v) is 4.10. The third kappa shape index (κ3) is 1.36. The molecule has 0 radical (unpaired) electrons. The van der Waals surface area contributed by atoms with Crippen molar-refractivity contribution in [1.29, 1.82) is 0 Å². The summed E-state index contributed by atoms with van der Waals surface area (Å²) < 4.78 is 2.29. The predicted octanol–water partition coefficient (Wildman–Crippen LogP) is 1.92. The number of halogens is 1. The Labute approximate surface area is 71.3 Å². The molecule has 56 valence electrons. The van der Waals surface area contributed by atoms with Crippen molar-refractivity contribution in [3.05, 3.63) is 12.2 Å². The number of Topliss-reactive ketones (excluding diaryl/α,β-unsaturated/α-hetero) is 1. The minimum absolute atomic E-state index is 0.0231. The summed E-state index contributed by atoms with van der Waals surface area (Å²) in [5.41, 5.74) is 1.11. The fraction of sp³-hybridized carbons (Fsp3) is 0.500. The second-order valence-electron chi connectivity index (χ2n) is 2.58. The van der Waals surface area contributed by atoms with Crippen LogP contribution in [0.2, 0.25) is 0 Å². The summed E-state index contributed by atoms with van der Waals surface area (Å²) in [6, 6.07) is 0. The van der Waals surface area contributed by atoms with E-state index in [0.29, 0.717) is 5.92 Å². The first-order valence-electron chi connectivity index (χ1n) is 3.29. The molecule has 0 aliphatic carbocycles. The molecule has 0 aromatic heterocycles. The van der Waals surface area contributed by atoms with Crippen LogP contribution in [-0.4, -0.2) is 13.7 Å². The van der Waals surface area contributed by atoms with Crippen LogP contribution in [0.15, 0.2) is 12.2 Å². The van der Waals surface area contributed by atoms with Crippen LogP contribution in [0.3, 0.4) is 0 Å². The summed E-state index contributed by atoms with van der Waals surface area (Å²) in [5, 5.41) is 0. The standard InChI is InChI=1S/C8H11IO/c1-5-4-9-8(6(5)2)7(3)10/h5H,2,4H2,1,3H3. The molecule has 1 rings (SSSR count). The lowest BCUT2D eigenvalue weighted by Gasteiger charge is -2.02. The molecule has 0 aromatic carbocycles. The maximum Gasteiger partial charge on any atom is 0.165 e. The van der Waals surface area contributed by atoms with Gasteiger partial charge in [0.2, 0.25) is 0 Å². The van der Waals surface area contributed by atoms with Gasteiger partial charge in [-0.2, -0.15) is 0 Å². The van der Waals surface area contributed by atoms with Gasteiger partial charge in [0.15, 0.2) is 5.78 Å². The molecule has 1 heterocycles. The van der Waals surface area contributed by atoms with Crippen molar-refractivity contribution in [2.24, 2.45) is 5.92 Å². The lowest BCUT2D eigenvalue weighted by molar-refractivity contribution is -0.110. The van der Waals surface area contributed by atoms with Gasteiger partial charge in [0.25, 0.3) is 0 Å². The van der Waals surface area contributed by atoms with Gasteiger partial charge in [-0.3, -0.25) is 4.79 Å². The van der Waals surface area contributed by atoms with Crippen LogP contribution in [0.4, 0.5) is 0 Å². The first kappa shape index (κ1) is 8.11. The number of hydrogen-bond donors (Lipinski definition) is 0. The van der Waals surface area contributed by atoms with Crippen LogP contribution >= 0.6 is 20.7 Å². The molecular weight excluding hydrogens is 239 g/mol. The SMILES string of the molecule is C=C1C(C(C)=O)=ICC1C. The van der Waals surface area contributed by atoms with Gasteiger partial charge in [0, 0.05) is 7.94 Å². The van der Waals surface area contributed by atoms with Crippen molar-refractivity contribution < 1.29 is 4.79 Å². The van der Waals surface area contributed by atoms with E-state index in [4.69, 9.17) is 0 Å². The normalized spacial score (nSPS) is 25.6. The largest absolute Gasteiger partial charge is 0.294 e. The van der Waals surface area contributed by atoms with Crippen molar-refractivity contribution in [2.75, 3.05) is 4.43 Å². The summed E-state index contributed by atoms with van der Waals surface area (Å²) in [6.07, 6.45) is 0. The van der Waals surface area contributed by atoms with Gasteiger partial charge >= 0.3 is 0 Å². The van der Waals surface area contributed by atoms with E-state index in [-0.39, 0.29) is 26.5 Å².